The largest absolute Gasteiger partial charge is 0.396 e. The van der Waals surface area contributed by atoms with Gasteiger partial charge in [0.2, 0.25) is 0 Å². The Hall–Kier alpha value is -0.870. The lowest BCUT2D eigenvalue weighted by molar-refractivity contribution is 0.143. The Balaban J connectivity index is 2.05. The molecule has 1 aromatic rings. The second-order valence-corrected chi connectivity index (χ2v) is 4.47. The Labute approximate surface area is 90.3 Å². The predicted octanol–water partition coefficient (Wildman–Crippen LogP) is 0.417. The van der Waals surface area contributed by atoms with Crippen molar-refractivity contribution in [3.05, 3.63) is 18.0 Å². The summed E-state index contributed by atoms with van der Waals surface area (Å²) in [6, 6.07) is 0. The van der Waals surface area contributed by atoms with Gasteiger partial charge in [-0.05, 0) is 31.9 Å². The van der Waals surface area contributed by atoms with Crippen LogP contribution in [0, 0.1) is 5.41 Å². The maximum atomic E-state index is 9.47. The highest BCUT2D eigenvalue weighted by atomic mass is 16.3. The fourth-order valence-corrected chi connectivity index (χ4v) is 2.24. The average molecular weight is 209 g/mol. The van der Waals surface area contributed by atoms with Crippen LogP contribution in [-0.2, 0) is 13.0 Å². The number of hydrogen-bond donors (Lipinski definition) is 2. The summed E-state index contributed by atoms with van der Waals surface area (Å²) in [7, 11) is 0. The van der Waals surface area contributed by atoms with E-state index in [2.05, 4.69) is 23.5 Å². The van der Waals surface area contributed by atoms with E-state index in [4.69, 9.17) is 0 Å². The van der Waals surface area contributed by atoms with Gasteiger partial charge in [-0.25, -0.2) is 0 Å². The average Bonchev–Trinajstić information content (AvgIpc) is 2.88. The minimum absolute atomic E-state index is 0.0433. The van der Waals surface area contributed by atoms with E-state index in [0.717, 1.165) is 32.5 Å². The highest BCUT2D eigenvalue weighted by Gasteiger charge is 2.33. The zero-order chi connectivity index (χ0) is 10.7. The third kappa shape index (κ3) is 2.21. The normalized spacial score (nSPS) is 26.0. The minimum Gasteiger partial charge on any atom is -0.396 e. The summed E-state index contributed by atoms with van der Waals surface area (Å²) in [6.07, 6.45) is 5.98. The molecule has 0 saturated carbocycles. The molecule has 15 heavy (non-hydrogen) atoms. The number of nitrogens with one attached hydrogen (secondary N) is 1. The molecule has 1 fully saturated rings. The van der Waals surface area contributed by atoms with Gasteiger partial charge in [0.1, 0.15) is 0 Å². The molecule has 2 rings (SSSR count). The molecular formula is C11H19N3O. The van der Waals surface area contributed by atoms with Crippen LogP contribution in [0.25, 0.3) is 0 Å². The van der Waals surface area contributed by atoms with Crippen molar-refractivity contribution >= 4 is 0 Å². The molecule has 4 nitrogen and oxygen atoms in total. The third-order valence-electron chi connectivity index (χ3n) is 3.26. The smallest absolute Gasteiger partial charge is 0.0521 e. The summed E-state index contributed by atoms with van der Waals surface area (Å²) in [5.74, 6) is 0. The number of hydrogen-bond acceptors (Lipinski definition) is 3. The van der Waals surface area contributed by atoms with Crippen LogP contribution in [0.3, 0.4) is 0 Å². The zero-order valence-electron chi connectivity index (χ0n) is 9.24. The molecule has 1 aliphatic rings. The Morgan fingerprint density at radius 1 is 1.67 bits per heavy atom. The van der Waals surface area contributed by atoms with Crippen molar-refractivity contribution in [2.45, 2.75) is 26.3 Å². The number of aryl methyl sites for hydroxylation is 1. The Kier molecular flexibility index (Phi) is 3.07. The first-order valence-corrected chi connectivity index (χ1v) is 5.61. The molecule has 0 spiro atoms. The second kappa shape index (κ2) is 4.33. The summed E-state index contributed by atoms with van der Waals surface area (Å²) >= 11 is 0. The van der Waals surface area contributed by atoms with E-state index in [1.807, 2.05) is 10.9 Å². The van der Waals surface area contributed by atoms with Gasteiger partial charge in [-0.2, -0.15) is 5.10 Å². The molecular weight excluding hydrogens is 190 g/mol. The molecule has 0 bridgehead atoms. The molecule has 1 aromatic heterocycles. The van der Waals surface area contributed by atoms with E-state index in [1.54, 1.807) is 0 Å². The Morgan fingerprint density at radius 2 is 2.53 bits per heavy atom. The first-order chi connectivity index (χ1) is 7.28. The lowest BCUT2D eigenvalue weighted by Gasteiger charge is -2.24. The lowest BCUT2D eigenvalue weighted by Crippen LogP contribution is -2.30. The van der Waals surface area contributed by atoms with E-state index in [1.165, 1.54) is 5.56 Å². The summed E-state index contributed by atoms with van der Waals surface area (Å²) in [6.45, 7) is 5.18. The number of rotatable bonds is 4. The van der Waals surface area contributed by atoms with E-state index in [9.17, 15) is 5.11 Å². The fourth-order valence-electron chi connectivity index (χ4n) is 2.24. The molecule has 4 heteroatoms. The quantitative estimate of drug-likeness (QED) is 0.755. The van der Waals surface area contributed by atoms with Gasteiger partial charge < -0.3 is 10.4 Å². The third-order valence-corrected chi connectivity index (χ3v) is 3.26. The van der Waals surface area contributed by atoms with Gasteiger partial charge in [-0.3, -0.25) is 4.68 Å². The van der Waals surface area contributed by atoms with E-state index >= 15 is 0 Å². The fraction of sp³-hybridized carbons (Fsp3) is 0.727. The van der Waals surface area contributed by atoms with Crippen LogP contribution in [0.2, 0.25) is 0 Å². The van der Waals surface area contributed by atoms with Crippen LogP contribution in [0.15, 0.2) is 12.4 Å². The van der Waals surface area contributed by atoms with Crippen LogP contribution in [-0.4, -0.2) is 34.6 Å². The molecule has 2 heterocycles. The number of nitrogens with zero attached hydrogens (tertiary/aromatic N) is 2. The van der Waals surface area contributed by atoms with Crippen LogP contribution >= 0.6 is 0 Å². The molecule has 1 aliphatic heterocycles. The van der Waals surface area contributed by atoms with Crippen molar-refractivity contribution < 1.29 is 5.11 Å². The van der Waals surface area contributed by atoms with Gasteiger partial charge in [0.15, 0.2) is 0 Å². The maximum Gasteiger partial charge on any atom is 0.0521 e. The van der Waals surface area contributed by atoms with Crippen molar-refractivity contribution in [1.82, 2.24) is 15.1 Å². The van der Waals surface area contributed by atoms with Gasteiger partial charge in [0, 0.05) is 24.7 Å². The van der Waals surface area contributed by atoms with E-state index in [0.29, 0.717) is 0 Å². The molecule has 0 aromatic carbocycles. The van der Waals surface area contributed by atoms with Crippen LogP contribution in [0.1, 0.15) is 18.9 Å². The van der Waals surface area contributed by atoms with Gasteiger partial charge in [0.25, 0.3) is 0 Å². The van der Waals surface area contributed by atoms with Gasteiger partial charge in [0.05, 0.1) is 12.8 Å². The summed E-state index contributed by atoms with van der Waals surface area (Å²) in [5.41, 5.74) is 1.27. The van der Waals surface area contributed by atoms with Crippen molar-refractivity contribution in [2.24, 2.45) is 5.41 Å². The predicted molar refractivity (Wildman–Crippen MR) is 58.6 cm³/mol. The second-order valence-electron chi connectivity index (χ2n) is 4.47. The molecule has 84 valence electrons. The van der Waals surface area contributed by atoms with Crippen molar-refractivity contribution in [2.75, 3.05) is 19.7 Å². The van der Waals surface area contributed by atoms with Crippen LogP contribution in [0.4, 0.5) is 0 Å². The van der Waals surface area contributed by atoms with Crippen LogP contribution in [0.5, 0.6) is 0 Å². The molecule has 1 unspecified atom stereocenters. The molecule has 1 saturated heterocycles. The van der Waals surface area contributed by atoms with Crippen molar-refractivity contribution in [3.8, 4) is 0 Å². The van der Waals surface area contributed by atoms with Crippen molar-refractivity contribution in [3.63, 3.8) is 0 Å². The van der Waals surface area contributed by atoms with Gasteiger partial charge in [-0.15, -0.1) is 0 Å². The van der Waals surface area contributed by atoms with Crippen molar-refractivity contribution in [1.29, 1.82) is 0 Å². The summed E-state index contributed by atoms with van der Waals surface area (Å²) in [4.78, 5) is 0. The van der Waals surface area contributed by atoms with Crippen LogP contribution < -0.4 is 5.32 Å². The molecule has 0 radical (unpaired) electrons. The van der Waals surface area contributed by atoms with Gasteiger partial charge >= 0.3 is 0 Å². The first kappa shape index (κ1) is 10.6. The summed E-state index contributed by atoms with van der Waals surface area (Å²) in [5, 5.41) is 17.0. The number of aliphatic hydroxyl groups is 1. The molecule has 1 atom stereocenters. The highest BCUT2D eigenvalue weighted by Crippen LogP contribution is 2.29. The Bertz CT molecular complexity index is 315. The SMILES string of the molecule is CCn1cc(CC2(CO)CCNC2)cn1. The number of aromatic nitrogens is 2. The topological polar surface area (TPSA) is 50.1 Å². The highest BCUT2D eigenvalue weighted by molar-refractivity contribution is 5.09. The first-order valence-electron chi connectivity index (χ1n) is 5.61. The van der Waals surface area contributed by atoms with Gasteiger partial charge in [-0.1, -0.05) is 0 Å². The molecule has 2 N–H and O–H groups in total. The monoisotopic (exact) mass is 209 g/mol. The minimum atomic E-state index is 0.0433. The lowest BCUT2D eigenvalue weighted by atomic mass is 9.82. The van der Waals surface area contributed by atoms with E-state index in [-0.39, 0.29) is 12.0 Å². The molecule has 0 aliphatic carbocycles. The number of aliphatic hydroxyl groups excluding tert-OH is 1. The molecule has 0 amide bonds. The Morgan fingerprint density at radius 3 is 3.07 bits per heavy atom. The standard InChI is InChI=1S/C11H19N3O/c1-2-14-7-10(6-13-14)5-11(9-15)3-4-12-8-11/h6-7,12,15H,2-5,8-9H2,1H3. The zero-order valence-corrected chi connectivity index (χ0v) is 9.24. The van der Waals surface area contributed by atoms with E-state index < -0.39 is 0 Å². The summed E-state index contributed by atoms with van der Waals surface area (Å²) < 4.78 is 1.93. The maximum absolute atomic E-state index is 9.47.